The van der Waals surface area contributed by atoms with E-state index >= 15 is 0 Å². The second kappa shape index (κ2) is 9.12. The van der Waals surface area contributed by atoms with Gasteiger partial charge in [-0.25, -0.2) is 14.6 Å². The fourth-order valence-electron chi connectivity index (χ4n) is 4.70. The van der Waals surface area contributed by atoms with Gasteiger partial charge < -0.3 is 19.5 Å². The van der Waals surface area contributed by atoms with Crippen molar-refractivity contribution in [1.29, 1.82) is 0 Å². The van der Waals surface area contributed by atoms with Gasteiger partial charge in [-0.1, -0.05) is 48.5 Å². The number of aliphatic carboxylic acids is 1. The molecule has 3 aromatic rings. The zero-order valence-corrected chi connectivity index (χ0v) is 19.7. The molecular formula is C25H23N3O6S. The second-order valence-electron chi connectivity index (χ2n) is 8.47. The quantitative estimate of drug-likeness (QED) is 0.536. The number of likely N-dealkylation sites (tertiary alicyclic amines) is 1. The third-order valence-corrected chi connectivity index (χ3v) is 7.33. The lowest BCUT2D eigenvalue weighted by Gasteiger charge is -2.22. The Hall–Kier alpha value is -3.76. The molecule has 0 bridgehead atoms. The van der Waals surface area contributed by atoms with E-state index < -0.39 is 23.6 Å². The van der Waals surface area contributed by atoms with E-state index in [2.05, 4.69) is 22.4 Å². The van der Waals surface area contributed by atoms with Gasteiger partial charge in [0.15, 0.2) is 10.7 Å². The lowest BCUT2D eigenvalue weighted by atomic mass is 9.98. The van der Waals surface area contributed by atoms with E-state index in [1.165, 1.54) is 17.4 Å². The van der Waals surface area contributed by atoms with Crippen molar-refractivity contribution in [3.05, 3.63) is 70.7 Å². The number of methoxy groups -OCH3 is 1. The highest BCUT2D eigenvalue weighted by Gasteiger charge is 2.47. The van der Waals surface area contributed by atoms with Gasteiger partial charge in [0.05, 0.1) is 6.54 Å². The first-order valence-electron chi connectivity index (χ1n) is 11.1. The molecule has 0 spiro atoms. The molecule has 1 aliphatic carbocycles. The standard InChI is InChI=1S/C25H23N3O6S/c1-33-25(22(30)31)10-11-28(14-25)21(29)20-13-35-23(26-20)27-24(32)34-12-19-17-8-4-2-6-15(17)16-7-3-5-9-18(16)19/h2-9,13,19H,10-12,14H2,1H3,(H,30,31)(H,26,27,32). The number of carboxylic acid groups (broad SMARTS) is 1. The molecule has 2 heterocycles. The van der Waals surface area contributed by atoms with E-state index in [4.69, 9.17) is 9.47 Å². The summed E-state index contributed by atoms with van der Waals surface area (Å²) in [6, 6.07) is 16.1. The molecule has 1 unspecified atom stereocenters. The fourth-order valence-corrected chi connectivity index (χ4v) is 5.37. The first-order chi connectivity index (χ1) is 16.9. The summed E-state index contributed by atoms with van der Waals surface area (Å²) in [6.07, 6.45) is -0.467. The van der Waals surface area contributed by atoms with Crippen molar-refractivity contribution in [2.45, 2.75) is 17.9 Å². The van der Waals surface area contributed by atoms with Crippen molar-refractivity contribution in [3.8, 4) is 11.1 Å². The summed E-state index contributed by atoms with van der Waals surface area (Å²) < 4.78 is 10.7. The Balaban J connectivity index is 1.21. The molecule has 1 aromatic heterocycles. The van der Waals surface area contributed by atoms with Crippen LogP contribution in [-0.2, 0) is 14.3 Å². The molecule has 1 fully saturated rings. The number of ether oxygens (including phenoxy) is 2. The predicted octanol–water partition coefficient (Wildman–Crippen LogP) is 3.82. The minimum absolute atomic E-state index is 0.0629. The van der Waals surface area contributed by atoms with Crippen LogP contribution in [0.4, 0.5) is 9.93 Å². The monoisotopic (exact) mass is 493 g/mol. The SMILES string of the molecule is COC1(C(=O)O)CCN(C(=O)c2csc(NC(=O)OCC3c4ccccc4-c4ccccc43)n2)C1. The molecule has 180 valence electrons. The Morgan fingerprint density at radius 2 is 1.80 bits per heavy atom. The van der Waals surface area contributed by atoms with Crippen molar-refractivity contribution in [2.24, 2.45) is 0 Å². The van der Waals surface area contributed by atoms with Crippen molar-refractivity contribution >= 4 is 34.4 Å². The normalized spacial score (nSPS) is 18.7. The third-order valence-electron chi connectivity index (χ3n) is 6.58. The molecule has 1 aliphatic heterocycles. The molecule has 2 N–H and O–H groups in total. The van der Waals surface area contributed by atoms with Gasteiger partial charge in [-0.3, -0.25) is 10.1 Å². The number of anilines is 1. The van der Waals surface area contributed by atoms with Gasteiger partial charge in [-0.05, 0) is 22.3 Å². The summed E-state index contributed by atoms with van der Waals surface area (Å²) in [5.41, 5.74) is 3.23. The molecule has 0 radical (unpaired) electrons. The summed E-state index contributed by atoms with van der Waals surface area (Å²) in [5.74, 6) is -1.58. The van der Waals surface area contributed by atoms with Crippen LogP contribution >= 0.6 is 11.3 Å². The van der Waals surface area contributed by atoms with Crippen molar-refractivity contribution in [3.63, 3.8) is 0 Å². The Bertz CT molecular complexity index is 1260. The van der Waals surface area contributed by atoms with Crippen LogP contribution in [0.5, 0.6) is 0 Å². The number of hydrogen-bond donors (Lipinski definition) is 2. The number of thiazole rings is 1. The number of amides is 2. The highest BCUT2D eigenvalue weighted by atomic mass is 32.1. The molecule has 1 atom stereocenters. The van der Waals surface area contributed by atoms with Gasteiger partial charge in [0.2, 0.25) is 0 Å². The topological polar surface area (TPSA) is 118 Å². The molecule has 9 nitrogen and oxygen atoms in total. The van der Waals surface area contributed by atoms with Crippen LogP contribution in [0.1, 0.15) is 34.0 Å². The smallest absolute Gasteiger partial charge is 0.413 e. The number of hydrogen-bond acceptors (Lipinski definition) is 7. The van der Waals surface area contributed by atoms with Crippen LogP contribution in [0.25, 0.3) is 11.1 Å². The molecule has 1 saturated heterocycles. The predicted molar refractivity (Wildman–Crippen MR) is 129 cm³/mol. The van der Waals surface area contributed by atoms with Crippen molar-refractivity contribution in [2.75, 3.05) is 32.1 Å². The van der Waals surface area contributed by atoms with Gasteiger partial charge >= 0.3 is 12.1 Å². The number of rotatable bonds is 6. The minimum Gasteiger partial charge on any atom is -0.479 e. The molecule has 0 saturated carbocycles. The lowest BCUT2D eigenvalue weighted by molar-refractivity contribution is -0.160. The second-order valence-corrected chi connectivity index (χ2v) is 9.33. The highest BCUT2D eigenvalue weighted by molar-refractivity contribution is 7.14. The third kappa shape index (κ3) is 4.15. The van der Waals surface area contributed by atoms with Gasteiger partial charge in [-0.2, -0.15) is 0 Å². The number of benzene rings is 2. The number of carbonyl (C=O) groups excluding carboxylic acids is 2. The van der Waals surface area contributed by atoms with E-state index in [0.717, 1.165) is 33.6 Å². The van der Waals surface area contributed by atoms with Crippen LogP contribution in [0.3, 0.4) is 0 Å². The maximum Gasteiger partial charge on any atom is 0.413 e. The van der Waals surface area contributed by atoms with Crippen LogP contribution in [0.2, 0.25) is 0 Å². The van der Waals surface area contributed by atoms with E-state index in [9.17, 15) is 19.5 Å². The summed E-state index contributed by atoms with van der Waals surface area (Å²) in [5, 5.41) is 13.8. The number of nitrogens with zero attached hydrogens (tertiary/aromatic N) is 2. The minimum atomic E-state index is -1.41. The summed E-state index contributed by atoms with van der Waals surface area (Å²) in [6.45, 7) is 0.342. The average molecular weight is 494 g/mol. The maximum absolute atomic E-state index is 12.8. The van der Waals surface area contributed by atoms with E-state index in [-0.39, 0.29) is 42.9 Å². The zero-order valence-electron chi connectivity index (χ0n) is 18.9. The molecular weight excluding hydrogens is 470 g/mol. The van der Waals surface area contributed by atoms with E-state index in [1.807, 2.05) is 36.4 Å². The van der Waals surface area contributed by atoms with E-state index in [1.54, 1.807) is 0 Å². The largest absolute Gasteiger partial charge is 0.479 e. The van der Waals surface area contributed by atoms with Crippen molar-refractivity contribution in [1.82, 2.24) is 9.88 Å². The Morgan fingerprint density at radius 3 is 2.40 bits per heavy atom. The average Bonchev–Trinajstić information content (AvgIpc) is 3.59. The highest BCUT2D eigenvalue weighted by Crippen LogP contribution is 2.44. The first-order valence-corrected chi connectivity index (χ1v) is 11.9. The van der Waals surface area contributed by atoms with E-state index in [0.29, 0.717) is 0 Å². The molecule has 10 heteroatoms. The summed E-state index contributed by atoms with van der Waals surface area (Å²) in [4.78, 5) is 42.4. The summed E-state index contributed by atoms with van der Waals surface area (Å²) >= 11 is 1.09. The molecule has 2 aliphatic rings. The molecule has 2 aromatic carbocycles. The van der Waals surface area contributed by atoms with Crippen LogP contribution in [0, 0.1) is 0 Å². The fraction of sp³-hybridized carbons (Fsp3) is 0.280. The van der Waals surface area contributed by atoms with Gasteiger partial charge in [0.25, 0.3) is 5.91 Å². The Kier molecular flexibility index (Phi) is 6.00. The van der Waals surface area contributed by atoms with Crippen LogP contribution < -0.4 is 5.32 Å². The molecule has 5 rings (SSSR count). The first kappa shape index (κ1) is 23.0. The number of aromatic nitrogens is 1. The van der Waals surface area contributed by atoms with Gasteiger partial charge in [0, 0.05) is 31.4 Å². The number of nitrogens with one attached hydrogen (secondary N) is 1. The van der Waals surface area contributed by atoms with Gasteiger partial charge in [0.1, 0.15) is 12.3 Å². The van der Waals surface area contributed by atoms with Crippen LogP contribution in [-0.4, -0.2) is 65.4 Å². The zero-order chi connectivity index (χ0) is 24.6. The van der Waals surface area contributed by atoms with Crippen molar-refractivity contribution < 1.29 is 29.0 Å². The van der Waals surface area contributed by atoms with Gasteiger partial charge in [-0.15, -0.1) is 11.3 Å². The number of carboxylic acids is 1. The number of carbonyl (C=O) groups is 3. The molecule has 2 amide bonds. The molecule has 35 heavy (non-hydrogen) atoms. The lowest BCUT2D eigenvalue weighted by Crippen LogP contribution is -2.44. The Labute approximate surface area is 205 Å². The van der Waals surface area contributed by atoms with Crippen LogP contribution in [0.15, 0.2) is 53.9 Å². The maximum atomic E-state index is 12.8. The summed E-state index contributed by atoms with van der Waals surface area (Å²) in [7, 11) is 1.32. The Morgan fingerprint density at radius 1 is 1.14 bits per heavy atom. The number of fused-ring (bicyclic) bond motifs is 3.